The molecular weight excluding hydrogens is 314 g/mol. The molecular formula is C16H24BrN3. The number of rotatable bonds is 2. The Bertz CT molecular complexity index is 475. The summed E-state index contributed by atoms with van der Waals surface area (Å²) < 4.78 is 1.18. The van der Waals surface area contributed by atoms with Gasteiger partial charge in [0.25, 0.3) is 0 Å². The van der Waals surface area contributed by atoms with Crippen LogP contribution in [0.3, 0.4) is 0 Å². The van der Waals surface area contributed by atoms with Crippen LogP contribution in [0.25, 0.3) is 0 Å². The van der Waals surface area contributed by atoms with Crippen LogP contribution in [0.4, 0.5) is 5.69 Å². The van der Waals surface area contributed by atoms with E-state index in [-0.39, 0.29) is 6.04 Å². The molecule has 4 heteroatoms. The fraction of sp³-hybridized carbons (Fsp3) is 0.625. The fourth-order valence-corrected chi connectivity index (χ4v) is 4.14. The van der Waals surface area contributed by atoms with Crippen molar-refractivity contribution in [2.75, 3.05) is 31.1 Å². The zero-order valence-electron chi connectivity index (χ0n) is 12.2. The average Bonchev–Trinajstić information content (AvgIpc) is 2.76. The third-order valence-corrected chi connectivity index (χ3v) is 5.28. The van der Waals surface area contributed by atoms with Crippen molar-refractivity contribution in [3.8, 4) is 0 Å². The Balaban J connectivity index is 1.81. The Hall–Kier alpha value is -0.580. The maximum Gasteiger partial charge on any atom is 0.0511 e. The first-order chi connectivity index (χ1) is 9.65. The highest BCUT2D eigenvalue weighted by atomic mass is 79.9. The standard InChI is InChI=1S/C16H24BrN3/c1-12(18)13-5-6-16(15(17)10-13)20-9-3-8-19-7-2-4-14(19)11-20/h5-6,10,12,14H,2-4,7-9,11,18H2,1H3/t12-,14?/m0/s1. The minimum absolute atomic E-state index is 0.0924. The molecule has 0 amide bonds. The second kappa shape index (κ2) is 6.04. The fourth-order valence-electron chi connectivity index (χ4n) is 3.49. The third kappa shape index (κ3) is 2.87. The molecule has 0 saturated carbocycles. The predicted octanol–water partition coefficient (Wildman–Crippen LogP) is 3.14. The highest BCUT2D eigenvalue weighted by molar-refractivity contribution is 9.10. The van der Waals surface area contributed by atoms with Gasteiger partial charge in [0, 0.05) is 36.2 Å². The van der Waals surface area contributed by atoms with E-state index in [4.69, 9.17) is 5.73 Å². The first kappa shape index (κ1) is 14.4. The van der Waals surface area contributed by atoms with Crippen LogP contribution in [0, 0.1) is 0 Å². The van der Waals surface area contributed by atoms with Gasteiger partial charge in [-0.2, -0.15) is 0 Å². The molecule has 2 heterocycles. The molecule has 2 atom stereocenters. The van der Waals surface area contributed by atoms with Gasteiger partial charge in [-0.05, 0) is 66.4 Å². The molecule has 2 saturated heterocycles. The predicted molar refractivity (Wildman–Crippen MR) is 88.2 cm³/mol. The molecule has 0 bridgehead atoms. The minimum Gasteiger partial charge on any atom is -0.369 e. The van der Waals surface area contributed by atoms with Gasteiger partial charge >= 0.3 is 0 Å². The molecule has 0 aromatic heterocycles. The zero-order valence-corrected chi connectivity index (χ0v) is 13.8. The van der Waals surface area contributed by atoms with E-state index in [0.29, 0.717) is 0 Å². The summed E-state index contributed by atoms with van der Waals surface area (Å²) >= 11 is 3.74. The lowest BCUT2D eigenvalue weighted by molar-refractivity contribution is 0.273. The Morgan fingerprint density at radius 2 is 2.05 bits per heavy atom. The van der Waals surface area contributed by atoms with Crippen molar-refractivity contribution in [1.82, 2.24) is 4.90 Å². The van der Waals surface area contributed by atoms with Gasteiger partial charge in [-0.15, -0.1) is 0 Å². The largest absolute Gasteiger partial charge is 0.369 e. The number of fused-ring (bicyclic) bond motifs is 1. The summed E-state index contributed by atoms with van der Waals surface area (Å²) in [7, 11) is 0. The van der Waals surface area contributed by atoms with Crippen LogP contribution in [0.1, 0.15) is 37.8 Å². The molecule has 3 nitrogen and oxygen atoms in total. The van der Waals surface area contributed by atoms with E-state index in [1.54, 1.807) is 0 Å². The van der Waals surface area contributed by atoms with Crippen LogP contribution in [-0.4, -0.2) is 37.1 Å². The first-order valence-electron chi connectivity index (χ1n) is 7.69. The van der Waals surface area contributed by atoms with Crippen molar-refractivity contribution in [3.05, 3.63) is 28.2 Å². The molecule has 1 aromatic carbocycles. The van der Waals surface area contributed by atoms with E-state index in [2.05, 4.69) is 43.9 Å². The molecule has 1 aromatic rings. The zero-order chi connectivity index (χ0) is 14.1. The van der Waals surface area contributed by atoms with Crippen LogP contribution in [-0.2, 0) is 0 Å². The summed E-state index contributed by atoms with van der Waals surface area (Å²) in [6, 6.07) is 7.42. The third-order valence-electron chi connectivity index (χ3n) is 4.64. The lowest BCUT2D eigenvalue weighted by Crippen LogP contribution is -2.36. The molecule has 0 aliphatic carbocycles. The van der Waals surface area contributed by atoms with E-state index in [1.165, 1.54) is 48.1 Å². The van der Waals surface area contributed by atoms with E-state index in [0.717, 1.165) is 19.1 Å². The highest BCUT2D eigenvalue weighted by Crippen LogP contribution is 2.32. The van der Waals surface area contributed by atoms with Gasteiger partial charge in [-0.1, -0.05) is 6.07 Å². The summed E-state index contributed by atoms with van der Waals surface area (Å²) in [5.41, 5.74) is 8.48. The van der Waals surface area contributed by atoms with Gasteiger partial charge in [0.2, 0.25) is 0 Å². The van der Waals surface area contributed by atoms with E-state index >= 15 is 0 Å². The highest BCUT2D eigenvalue weighted by Gasteiger charge is 2.29. The molecule has 2 aliphatic rings. The molecule has 0 radical (unpaired) electrons. The van der Waals surface area contributed by atoms with Crippen molar-refractivity contribution >= 4 is 21.6 Å². The van der Waals surface area contributed by atoms with E-state index in [1.807, 2.05) is 6.92 Å². The number of nitrogens with two attached hydrogens (primary N) is 1. The van der Waals surface area contributed by atoms with E-state index < -0.39 is 0 Å². The molecule has 0 spiro atoms. The quantitative estimate of drug-likeness (QED) is 0.899. The number of nitrogens with zero attached hydrogens (tertiary/aromatic N) is 2. The van der Waals surface area contributed by atoms with Gasteiger partial charge < -0.3 is 10.6 Å². The topological polar surface area (TPSA) is 32.5 Å². The summed E-state index contributed by atoms with van der Waals surface area (Å²) in [4.78, 5) is 5.22. The molecule has 3 rings (SSSR count). The van der Waals surface area contributed by atoms with E-state index in [9.17, 15) is 0 Å². The normalized spacial score (nSPS) is 25.4. The SMILES string of the molecule is C[C@H](N)c1ccc(N2CCCN3CCCC3C2)c(Br)c1. The Labute approximate surface area is 130 Å². The average molecular weight is 338 g/mol. The van der Waals surface area contributed by atoms with Gasteiger partial charge in [0.05, 0.1) is 5.69 Å². The van der Waals surface area contributed by atoms with Crippen molar-refractivity contribution in [2.45, 2.75) is 38.3 Å². The summed E-state index contributed by atoms with van der Waals surface area (Å²) in [6.45, 7) is 6.91. The maximum absolute atomic E-state index is 5.97. The Morgan fingerprint density at radius 1 is 1.25 bits per heavy atom. The molecule has 110 valence electrons. The lowest BCUT2D eigenvalue weighted by atomic mass is 10.1. The van der Waals surface area contributed by atoms with Crippen molar-refractivity contribution in [2.24, 2.45) is 5.73 Å². The molecule has 2 fully saturated rings. The monoisotopic (exact) mass is 337 g/mol. The van der Waals surface area contributed by atoms with Crippen molar-refractivity contribution in [3.63, 3.8) is 0 Å². The maximum atomic E-state index is 5.97. The molecule has 2 N–H and O–H groups in total. The van der Waals surface area contributed by atoms with Crippen LogP contribution in [0.15, 0.2) is 22.7 Å². The van der Waals surface area contributed by atoms with Gasteiger partial charge in [-0.25, -0.2) is 0 Å². The number of benzene rings is 1. The molecule has 20 heavy (non-hydrogen) atoms. The Kier molecular flexibility index (Phi) is 4.34. The number of hydrogen-bond donors (Lipinski definition) is 1. The number of hydrogen-bond acceptors (Lipinski definition) is 3. The van der Waals surface area contributed by atoms with Crippen LogP contribution < -0.4 is 10.6 Å². The van der Waals surface area contributed by atoms with Gasteiger partial charge in [0.15, 0.2) is 0 Å². The minimum atomic E-state index is 0.0924. The summed E-state index contributed by atoms with van der Waals surface area (Å²) in [5, 5.41) is 0. The van der Waals surface area contributed by atoms with Gasteiger partial charge in [0.1, 0.15) is 0 Å². The van der Waals surface area contributed by atoms with Crippen LogP contribution in [0.5, 0.6) is 0 Å². The smallest absolute Gasteiger partial charge is 0.0511 e. The number of anilines is 1. The molecule has 1 unspecified atom stereocenters. The lowest BCUT2D eigenvalue weighted by Gasteiger charge is -2.28. The van der Waals surface area contributed by atoms with Crippen LogP contribution in [0.2, 0.25) is 0 Å². The molecule has 2 aliphatic heterocycles. The number of halogens is 1. The second-order valence-corrected chi connectivity index (χ2v) is 6.99. The second-order valence-electron chi connectivity index (χ2n) is 6.13. The summed E-state index contributed by atoms with van der Waals surface area (Å²) in [6.07, 6.45) is 3.98. The van der Waals surface area contributed by atoms with Crippen molar-refractivity contribution < 1.29 is 0 Å². The first-order valence-corrected chi connectivity index (χ1v) is 8.48. The van der Waals surface area contributed by atoms with Crippen molar-refractivity contribution in [1.29, 1.82) is 0 Å². The Morgan fingerprint density at radius 3 is 2.80 bits per heavy atom. The summed E-state index contributed by atoms with van der Waals surface area (Å²) in [5.74, 6) is 0. The van der Waals surface area contributed by atoms with Crippen LogP contribution >= 0.6 is 15.9 Å². The van der Waals surface area contributed by atoms with Gasteiger partial charge in [-0.3, -0.25) is 4.90 Å².